The fourth-order valence-electron chi connectivity index (χ4n) is 1.03. The van der Waals surface area contributed by atoms with Crippen molar-refractivity contribution in [3.05, 3.63) is 28.8 Å². The molecular weight excluding hydrogens is 232 g/mol. The van der Waals surface area contributed by atoms with Crippen LogP contribution in [0.15, 0.2) is 18.2 Å². The predicted molar refractivity (Wildman–Crippen MR) is 66.2 cm³/mol. The van der Waals surface area contributed by atoms with Crippen molar-refractivity contribution in [1.29, 1.82) is 0 Å². The van der Waals surface area contributed by atoms with Crippen LogP contribution in [0.3, 0.4) is 0 Å². The molecule has 0 unspecified atom stereocenters. The highest BCUT2D eigenvalue weighted by Crippen LogP contribution is 2.19. The molecule has 1 aromatic rings. The number of halogens is 1. The topological polar surface area (TPSA) is 55.1 Å². The summed E-state index contributed by atoms with van der Waals surface area (Å²) in [7, 11) is 0. The van der Waals surface area contributed by atoms with Gasteiger partial charge >= 0.3 is 0 Å². The molecule has 0 spiro atoms. The number of carbonyl (C=O) groups is 1. The lowest BCUT2D eigenvalue weighted by Crippen LogP contribution is -2.20. The van der Waals surface area contributed by atoms with E-state index in [1.165, 1.54) is 0 Å². The van der Waals surface area contributed by atoms with Gasteiger partial charge in [-0.25, -0.2) is 0 Å². The first-order chi connectivity index (χ1) is 6.99. The van der Waals surface area contributed by atoms with E-state index >= 15 is 0 Å². The molecule has 0 aromatic heterocycles. The number of nitrogens with two attached hydrogens (primary N) is 1. The van der Waals surface area contributed by atoms with Crippen LogP contribution in [0.5, 0.6) is 0 Å². The summed E-state index contributed by atoms with van der Waals surface area (Å²) in [5.41, 5.74) is 6.85. The van der Waals surface area contributed by atoms with Crippen LogP contribution in [-0.2, 0) is 4.79 Å². The highest BCUT2D eigenvalue weighted by molar-refractivity contribution is 7.80. The Hall–Kier alpha value is -1.13. The van der Waals surface area contributed by atoms with Crippen molar-refractivity contribution < 1.29 is 4.79 Å². The summed E-state index contributed by atoms with van der Waals surface area (Å²) in [6.45, 7) is 1.89. The van der Waals surface area contributed by atoms with Gasteiger partial charge in [0.25, 0.3) is 0 Å². The highest BCUT2D eigenvalue weighted by atomic mass is 35.5. The Morgan fingerprint density at radius 1 is 1.60 bits per heavy atom. The number of hydrogen-bond acceptors (Lipinski definition) is 2. The van der Waals surface area contributed by atoms with Gasteiger partial charge in [-0.3, -0.25) is 4.79 Å². The maximum absolute atomic E-state index is 11.3. The molecule has 5 heteroatoms. The van der Waals surface area contributed by atoms with Crippen LogP contribution < -0.4 is 11.1 Å². The maximum atomic E-state index is 11.3. The number of anilines is 1. The zero-order chi connectivity index (χ0) is 11.4. The summed E-state index contributed by atoms with van der Waals surface area (Å²) < 4.78 is 0. The summed E-state index contributed by atoms with van der Waals surface area (Å²) in [6.07, 6.45) is 0.0425. The Labute approximate surface area is 98.6 Å². The third kappa shape index (κ3) is 3.85. The Balaban J connectivity index is 2.69. The van der Waals surface area contributed by atoms with Crippen molar-refractivity contribution in [2.24, 2.45) is 5.73 Å². The first-order valence-electron chi connectivity index (χ1n) is 4.33. The summed E-state index contributed by atoms with van der Waals surface area (Å²) >= 11 is 10.5. The summed E-state index contributed by atoms with van der Waals surface area (Å²) in [4.78, 5) is 11.5. The molecule has 0 aliphatic heterocycles. The second-order valence-corrected chi connectivity index (χ2v) is 4.09. The predicted octanol–water partition coefficient (Wildman–Crippen LogP) is 2.26. The van der Waals surface area contributed by atoms with Gasteiger partial charge in [-0.15, -0.1) is 0 Å². The third-order valence-electron chi connectivity index (χ3n) is 1.79. The van der Waals surface area contributed by atoms with E-state index in [0.29, 0.717) is 10.7 Å². The first-order valence-corrected chi connectivity index (χ1v) is 5.12. The fraction of sp³-hybridized carbons (Fsp3) is 0.200. The van der Waals surface area contributed by atoms with Gasteiger partial charge in [0.15, 0.2) is 0 Å². The molecule has 1 rings (SSSR count). The van der Waals surface area contributed by atoms with Crippen LogP contribution in [0.1, 0.15) is 12.0 Å². The Kier molecular flexibility index (Phi) is 4.05. The van der Waals surface area contributed by atoms with E-state index in [0.717, 1.165) is 5.56 Å². The number of nitrogens with one attached hydrogen (secondary N) is 1. The number of rotatable bonds is 3. The molecule has 0 aliphatic carbocycles. The van der Waals surface area contributed by atoms with Crippen molar-refractivity contribution >= 4 is 40.4 Å². The number of aryl methyl sites for hydroxylation is 1. The normalized spacial score (nSPS) is 9.73. The fourth-order valence-corrected chi connectivity index (χ4v) is 1.35. The van der Waals surface area contributed by atoms with Crippen molar-refractivity contribution in [2.75, 3.05) is 5.32 Å². The van der Waals surface area contributed by atoms with Gasteiger partial charge in [0.05, 0.1) is 11.4 Å². The second kappa shape index (κ2) is 5.09. The first kappa shape index (κ1) is 11.9. The molecule has 3 N–H and O–H groups in total. The molecule has 0 atom stereocenters. The standard InChI is InChI=1S/C10H11ClN2OS/c1-6-2-3-7(4-8(6)11)13-10(14)5-9(12)15/h2-4H,5H2,1H3,(H2,12,15)(H,13,14). The summed E-state index contributed by atoms with van der Waals surface area (Å²) in [5, 5.41) is 3.26. The number of benzene rings is 1. The van der Waals surface area contributed by atoms with Crippen molar-refractivity contribution in [3.8, 4) is 0 Å². The van der Waals surface area contributed by atoms with Crippen molar-refractivity contribution in [1.82, 2.24) is 0 Å². The minimum absolute atomic E-state index is 0.0425. The van der Waals surface area contributed by atoms with E-state index in [2.05, 4.69) is 17.5 Å². The molecule has 0 fully saturated rings. The Morgan fingerprint density at radius 3 is 2.80 bits per heavy atom. The highest BCUT2D eigenvalue weighted by Gasteiger charge is 2.04. The molecule has 0 bridgehead atoms. The molecule has 3 nitrogen and oxygen atoms in total. The minimum Gasteiger partial charge on any atom is -0.393 e. The maximum Gasteiger partial charge on any atom is 0.231 e. The number of hydrogen-bond donors (Lipinski definition) is 2. The number of thiocarbonyl (C=S) groups is 1. The van der Waals surface area contributed by atoms with Gasteiger partial charge < -0.3 is 11.1 Å². The molecule has 1 amide bonds. The monoisotopic (exact) mass is 242 g/mol. The molecule has 0 aliphatic rings. The summed E-state index contributed by atoms with van der Waals surface area (Å²) in [5.74, 6) is -0.234. The van der Waals surface area contributed by atoms with E-state index in [-0.39, 0.29) is 17.3 Å². The van der Waals surface area contributed by atoms with Gasteiger partial charge in [0.1, 0.15) is 0 Å². The molecule has 80 valence electrons. The average molecular weight is 243 g/mol. The molecular formula is C10H11ClN2OS. The molecule has 0 heterocycles. The van der Waals surface area contributed by atoms with E-state index in [4.69, 9.17) is 17.3 Å². The Bertz CT molecular complexity index is 406. The minimum atomic E-state index is -0.234. The van der Waals surface area contributed by atoms with Crippen LogP contribution in [0.25, 0.3) is 0 Å². The van der Waals surface area contributed by atoms with Crippen LogP contribution >= 0.6 is 23.8 Å². The lowest BCUT2D eigenvalue weighted by Gasteiger charge is -2.05. The SMILES string of the molecule is Cc1ccc(NC(=O)CC(N)=S)cc1Cl. The van der Waals surface area contributed by atoms with Crippen LogP contribution in [0.4, 0.5) is 5.69 Å². The van der Waals surface area contributed by atoms with Gasteiger partial charge in [0.2, 0.25) is 5.91 Å². The van der Waals surface area contributed by atoms with E-state index in [9.17, 15) is 4.79 Å². The van der Waals surface area contributed by atoms with Crippen molar-refractivity contribution in [2.45, 2.75) is 13.3 Å². The lowest BCUT2D eigenvalue weighted by atomic mass is 10.2. The van der Waals surface area contributed by atoms with E-state index in [1.54, 1.807) is 12.1 Å². The molecule has 15 heavy (non-hydrogen) atoms. The molecule has 0 saturated carbocycles. The number of amides is 1. The number of carbonyl (C=O) groups excluding carboxylic acids is 1. The van der Waals surface area contributed by atoms with Crippen LogP contribution in [0, 0.1) is 6.92 Å². The van der Waals surface area contributed by atoms with Gasteiger partial charge in [-0.05, 0) is 24.6 Å². The van der Waals surface area contributed by atoms with E-state index < -0.39 is 0 Å². The second-order valence-electron chi connectivity index (χ2n) is 3.16. The van der Waals surface area contributed by atoms with Gasteiger partial charge in [-0.2, -0.15) is 0 Å². The van der Waals surface area contributed by atoms with Gasteiger partial charge in [0, 0.05) is 10.7 Å². The zero-order valence-electron chi connectivity index (χ0n) is 8.21. The van der Waals surface area contributed by atoms with Crippen molar-refractivity contribution in [3.63, 3.8) is 0 Å². The third-order valence-corrected chi connectivity index (χ3v) is 2.34. The van der Waals surface area contributed by atoms with Crippen LogP contribution in [-0.4, -0.2) is 10.9 Å². The molecule has 0 radical (unpaired) electrons. The smallest absolute Gasteiger partial charge is 0.231 e. The largest absolute Gasteiger partial charge is 0.393 e. The zero-order valence-corrected chi connectivity index (χ0v) is 9.78. The lowest BCUT2D eigenvalue weighted by molar-refractivity contribution is -0.115. The average Bonchev–Trinajstić information content (AvgIpc) is 2.10. The molecule has 1 aromatic carbocycles. The van der Waals surface area contributed by atoms with E-state index in [1.807, 2.05) is 13.0 Å². The molecule has 0 saturated heterocycles. The quantitative estimate of drug-likeness (QED) is 0.800. The van der Waals surface area contributed by atoms with Gasteiger partial charge in [-0.1, -0.05) is 29.9 Å². The Morgan fingerprint density at radius 2 is 2.27 bits per heavy atom. The van der Waals surface area contributed by atoms with Crippen LogP contribution in [0.2, 0.25) is 5.02 Å². The summed E-state index contributed by atoms with van der Waals surface area (Å²) in [6, 6.07) is 5.30.